The lowest BCUT2D eigenvalue weighted by atomic mass is 10.1. The summed E-state index contributed by atoms with van der Waals surface area (Å²) in [5, 5.41) is 6.20. The molecule has 0 radical (unpaired) electrons. The zero-order valence-corrected chi connectivity index (χ0v) is 10.1. The minimum absolute atomic E-state index is 0.625. The van der Waals surface area contributed by atoms with Crippen LogP contribution in [-0.2, 0) is 6.54 Å². The molecule has 17 heavy (non-hydrogen) atoms. The van der Waals surface area contributed by atoms with Gasteiger partial charge in [0.25, 0.3) is 0 Å². The number of rotatable bonds is 4. The monoisotopic (exact) mass is 228 g/mol. The molecule has 2 aromatic rings. The van der Waals surface area contributed by atoms with E-state index >= 15 is 0 Å². The molecule has 1 heterocycles. The molecule has 0 saturated heterocycles. The highest BCUT2D eigenvalue weighted by Crippen LogP contribution is 2.10. The van der Waals surface area contributed by atoms with E-state index in [2.05, 4.69) is 39.7 Å². The van der Waals surface area contributed by atoms with E-state index in [1.165, 1.54) is 11.1 Å². The number of benzene rings is 1. The number of nitrogens with one attached hydrogen (secondary N) is 2. The van der Waals surface area contributed by atoms with Crippen LogP contribution >= 0.6 is 0 Å². The summed E-state index contributed by atoms with van der Waals surface area (Å²) in [4.78, 5) is 8.37. The molecule has 0 amide bonds. The fraction of sp³-hybridized carbons (Fsp3) is 0.231. The van der Waals surface area contributed by atoms with Crippen LogP contribution in [0.4, 0.5) is 11.8 Å². The summed E-state index contributed by atoms with van der Waals surface area (Å²) < 4.78 is 0. The maximum absolute atomic E-state index is 4.30. The Morgan fingerprint density at radius 1 is 1.18 bits per heavy atom. The van der Waals surface area contributed by atoms with Crippen molar-refractivity contribution in [1.29, 1.82) is 0 Å². The third kappa shape index (κ3) is 2.93. The Labute approximate surface area is 101 Å². The molecule has 2 rings (SSSR count). The van der Waals surface area contributed by atoms with Crippen LogP contribution < -0.4 is 10.6 Å². The molecule has 4 nitrogen and oxygen atoms in total. The van der Waals surface area contributed by atoms with Gasteiger partial charge in [0.05, 0.1) is 0 Å². The molecule has 0 atom stereocenters. The third-order valence-corrected chi connectivity index (χ3v) is 2.60. The Kier molecular flexibility index (Phi) is 3.55. The predicted octanol–water partition coefficient (Wildman–Crippen LogP) is 2.44. The minimum atomic E-state index is 0.625. The van der Waals surface area contributed by atoms with Gasteiger partial charge in [0.1, 0.15) is 5.82 Å². The zero-order valence-electron chi connectivity index (χ0n) is 10.1. The van der Waals surface area contributed by atoms with E-state index in [9.17, 15) is 0 Å². The van der Waals surface area contributed by atoms with Gasteiger partial charge in [0.2, 0.25) is 5.95 Å². The normalized spacial score (nSPS) is 10.0. The van der Waals surface area contributed by atoms with Crippen LogP contribution in [0, 0.1) is 6.92 Å². The van der Waals surface area contributed by atoms with Gasteiger partial charge in [0.15, 0.2) is 0 Å². The molecule has 1 aromatic heterocycles. The second-order valence-corrected chi connectivity index (χ2v) is 3.80. The van der Waals surface area contributed by atoms with Gasteiger partial charge in [-0.3, -0.25) is 0 Å². The molecule has 1 aromatic carbocycles. The maximum Gasteiger partial charge on any atom is 0.224 e. The van der Waals surface area contributed by atoms with Crippen LogP contribution in [0.1, 0.15) is 11.1 Å². The van der Waals surface area contributed by atoms with Crippen LogP contribution in [0.2, 0.25) is 0 Å². The smallest absolute Gasteiger partial charge is 0.224 e. The molecule has 0 aliphatic heterocycles. The van der Waals surface area contributed by atoms with Crippen molar-refractivity contribution in [2.45, 2.75) is 13.5 Å². The van der Waals surface area contributed by atoms with Gasteiger partial charge in [-0.25, -0.2) is 4.98 Å². The van der Waals surface area contributed by atoms with Crippen molar-refractivity contribution in [3.63, 3.8) is 0 Å². The van der Waals surface area contributed by atoms with Crippen LogP contribution in [0.5, 0.6) is 0 Å². The minimum Gasteiger partial charge on any atom is -0.366 e. The summed E-state index contributed by atoms with van der Waals surface area (Å²) in [5.74, 6) is 1.45. The van der Waals surface area contributed by atoms with E-state index in [0.29, 0.717) is 5.95 Å². The molecular formula is C13H16N4. The Morgan fingerprint density at radius 3 is 2.76 bits per heavy atom. The van der Waals surface area contributed by atoms with Gasteiger partial charge < -0.3 is 10.6 Å². The first-order chi connectivity index (χ1) is 8.29. The molecule has 0 bridgehead atoms. The lowest BCUT2D eigenvalue weighted by Gasteiger charge is -2.08. The van der Waals surface area contributed by atoms with Crippen LogP contribution in [0.25, 0.3) is 0 Å². The lowest BCUT2D eigenvalue weighted by molar-refractivity contribution is 1.07. The summed E-state index contributed by atoms with van der Waals surface area (Å²) in [6.07, 6.45) is 1.74. The van der Waals surface area contributed by atoms with Crippen molar-refractivity contribution >= 4 is 11.8 Å². The molecular weight excluding hydrogens is 212 g/mol. The van der Waals surface area contributed by atoms with E-state index in [0.717, 1.165) is 12.4 Å². The van der Waals surface area contributed by atoms with Gasteiger partial charge in [-0.2, -0.15) is 4.98 Å². The number of nitrogens with zero attached hydrogens (tertiary/aromatic N) is 2. The number of hydrogen-bond acceptors (Lipinski definition) is 4. The van der Waals surface area contributed by atoms with Crippen molar-refractivity contribution < 1.29 is 0 Å². The largest absolute Gasteiger partial charge is 0.366 e. The average Bonchev–Trinajstić information content (AvgIpc) is 2.38. The SMILES string of the molecule is CNc1nccc(NCc2ccccc2C)n1. The number of aryl methyl sites for hydroxylation is 1. The van der Waals surface area contributed by atoms with Crippen LogP contribution in [-0.4, -0.2) is 17.0 Å². The quantitative estimate of drug-likeness (QED) is 0.844. The first kappa shape index (κ1) is 11.4. The van der Waals surface area contributed by atoms with Gasteiger partial charge >= 0.3 is 0 Å². The van der Waals surface area contributed by atoms with E-state index in [1.807, 2.05) is 18.2 Å². The Balaban J connectivity index is 2.05. The second kappa shape index (κ2) is 5.30. The molecule has 0 fully saturated rings. The Bertz CT molecular complexity index is 496. The van der Waals surface area contributed by atoms with E-state index in [-0.39, 0.29) is 0 Å². The highest BCUT2D eigenvalue weighted by molar-refractivity contribution is 5.40. The molecule has 0 aliphatic rings. The Morgan fingerprint density at radius 2 is 2.00 bits per heavy atom. The van der Waals surface area contributed by atoms with Gasteiger partial charge in [-0.15, -0.1) is 0 Å². The lowest BCUT2D eigenvalue weighted by Crippen LogP contribution is -2.04. The number of aromatic nitrogens is 2. The Hall–Kier alpha value is -2.10. The summed E-state index contributed by atoms with van der Waals surface area (Å²) >= 11 is 0. The van der Waals surface area contributed by atoms with Gasteiger partial charge in [-0.05, 0) is 24.1 Å². The maximum atomic E-state index is 4.30. The topological polar surface area (TPSA) is 49.8 Å². The fourth-order valence-corrected chi connectivity index (χ4v) is 1.57. The van der Waals surface area contributed by atoms with Crippen molar-refractivity contribution in [3.8, 4) is 0 Å². The molecule has 0 aliphatic carbocycles. The van der Waals surface area contributed by atoms with Crippen molar-refractivity contribution in [3.05, 3.63) is 47.7 Å². The summed E-state index contributed by atoms with van der Waals surface area (Å²) in [7, 11) is 1.81. The van der Waals surface area contributed by atoms with E-state index < -0.39 is 0 Å². The van der Waals surface area contributed by atoms with E-state index in [4.69, 9.17) is 0 Å². The number of anilines is 2. The zero-order chi connectivity index (χ0) is 12.1. The highest BCUT2D eigenvalue weighted by atomic mass is 15.1. The fourth-order valence-electron chi connectivity index (χ4n) is 1.57. The van der Waals surface area contributed by atoms with Gasteiger partial charge in [-0.1, -0.05) is 24.3 Å². The van der Waals surface area contributed by atoms with Crippen LogP contribution in [0.3, 0.4) is 0 Å². The van der Waals surface area contributed by atoms with Crippen LogP contribution in [0.15, 0.2) is 36.5 Å². The summed E-state index contributed by atoms with van der Waals surface area (Å²) in [6, 6.07) is 10.2. The number of hydrogen-bond donors (Lipinski definition) is 2. The molecule has 2 N–H and O–H groups in total. The average molecular weight is 228 g/mol. The second-order valence-electron chi connectivity index (χ2n) is 3.80. The van der Waals surface area contributed by atoms with Crippen molar-refractivity contribution in [2.24, 2.45) is 0 Å². The molecule has 88 valence electrons. The predicted molar refractivity (Wildman–Crippen MR) is 70.1 cm³/mol. The standard InChI is InChI=1S/C13H16N4/c1-10-5-3-4-6-11(10)9-16-12-7-8-15-13(14-2)17-12/h3-8H,9H2,1-2H3,(H2,14,15,16,17). The summed E-state index contributed by atoms with van der Waals surface area (Å²) in [6.45, 7) is 2.88. The molecule has 0 unspecified atom stereocenters. The van der Waals surface area contributed by atoms with Crippen molar-refractivity contribution in [2.75, 3.05) is 17.7 Å². The van der Waals surface area contributed by atoms with Crippen molar-refractivity contribution in [1.82, 2.24) is 9.97 Å². The molecule has 0 saturated carbocycles. The highest BCUT2D eigenvalue weighted by Gasteiger charge is 1.99. The molecule has 4 heteroatoms. The summed E-state index contributed by atoms with van der Waals surface area (Å²) in [5.41, 5.74) is 2.56. The van der Waals surface area contributed by atoms with E-state index in [1.54, 1.807) is 13.2 Å². The third-order valence-electron chi connectivity index (χ3n) is 2.60. The molecule has 0 spiro atoms. The van der Waals surface area contributed by atoms with Gasteiger partial charge in [0, 0.05) is 19.8 Å². The first-order valence-electron chi connectivity index (χ1n) is 5.59. The first-order valence-corrected chi connectivity index (χ1v) is 5.59.